The van der Waals surface area contributed by atoms with Crippen molar-refractivity contribution in [2.45, 2.75) is 25.2 Å². The molecule has 1 aromatic heterocycles. The maximum atomic E-state index is 12.9. The highest BCUT2D eigenvalue weighted by Gasteiger charge is 2.34. The van der Waals surface area contributed by atoms with Crippen molar-refractivity contribution in [3.8, 4) is 11.5 Å². The summed E-state index contributed by atoms with van der Waals surface area (Å²) in [5.41, 5.74) is 0.199. The Morgan fingerprint density at radius 3 is 2.71 bits per heavy atom. The van der Waals surface area contributed by atoms with E-state index >= 15 is 0 Å². The molecule has 1 atom stereocenters. The van der Waals surface area contributed by atoms with Gasteiger partial charge in [-0.2, -0.15) is 13.2 Å². The Morgan fingerprint density at radius 2 is 1.93 bits per heavy atom. The molecule has 3 heterocycles. The SMILES string of the molecule is CN(c1cc(C(F)(F)F)ncn1)C1CCN(Cc2ccc3c(c2)OCCO3)C1. The van der Waals surface area contributed by atoms with E-state index in [4.69, 9.17) is 9.47 Å². The molecule has 28 heavy (non-hydrogen) atoms. The maximum Gasteiger partial charge on any atom is 0.433 e. The Labute approximate surface area is 160 Å². The Kier molecular flexibility index (Phi) is 5.01. The van der Waals surface area contributed by atoms with Crippen LogP contribution in [0.1, 0.15) is 17.7 Å². The first-order valence-corrected chi connectivity index (χ1v) is 9.13. The normalized spacial score (nSPS) is 19.6. The summed E-state index contributed by atoms with van der Waals surface area (Å²) in [6, 6.07) is 7.02. The van der Waals surface area contributed by atoms with E-state index < -0.39 is 11.9 Å². The lowest BCUT2D eigenvalue weighted by molar-refractivity contribution is -0.141. The van der Waals surface area contributed by atoms with Crippen LogP contribution in [0.2, 0.25) is 0 Å². The van der Waals surface area contributed by atoms with Gasteiger partial charge in [0.2, 0.25) is 0 Å². The molecule has 0 spiro atoms. The summed E-state index contributed by atoms with van der Waals surface area (Å²) in [6.07, 6.45) is -2.65. The van der Waals surface area contributed by atoms with Crippen molar-refractivity contribution in [3.05, 3.63) is 41.9 Å². The van der Waals surface area contributed by atoms with Crippen LogP contribution in [-0.2, 0) is 12.7 Å². The van der Waals surface area contributed by atoms with Gasteiger partial charge in [-0.3, -0.25) is 4.90 Å². The molecule has 1 aromatic carbocycles. The second-order valence-electron chi connectivity index (χ2n) is 7.03. The van der Waals surface area contributed by atoms with E-state index in [9.17, 15) is 13.2 Å². The van der Waals surface area contributed by atoms with Gasteiger partial charge in [-0.1, -0.05) is 6.07 Å². The van der Waals surface area contributed by atoms with Crippen LogP contribution in [0.3, 0.4) is 0 Å². The average Bonchev–Trinajstić information content (AvgIpc) is 3.15. The van der Waals surface area contributed by atoms with Gasteiger partial charge in [0.05, 0.1) is 0 Å². The molecule has 150 valence electrons. The highest BCUT2D eigenvalue weighted by Crippen LogP contribution is 2.32. The van der Waals surface area contributed by atoms with Crippen LogP contribution in [0.5, 0.6) is 11.5 Å². The van der Waals surface area contributed by atoms with E-state index in [0.717, 1.165) is 55.5 Å². The molecule has 2 aromatic rings. The van der Waals surface area contributed by atoms with E-state index in [0.29, 0.717) is 13.2 Å². The number of hydrogen-bond acceptors (Lipinski definition) is 6. The summed E-state index contributed by atoms with van der Waals surface area (Å²) < 4.78 is 49.9. The minimum Gasteiger partial charge on any atom is -0.486 e. The van der Waals surface area contributed by atoms with E-state index in [-0.39, 0.29) is 11.9 Å². The molecule has 0 radical (unpaired) electrons. The first kappa shape index (κ1) is 18.8. The number of nitrogens with zero attached hydrogens (tertiary/aromatic N) is 4. The highest BCUT2D eigenvalue weighted by molar-refractivity contribution is 5.44. The van der Waals surface area contributed by atoms with Crippen molar-refractivity contribution >= 4 is 5.82 Å². The quantitative estimate of drug-likeness (QED) is 0.795. The highest BCUT2D eigenvalue weighted by atomic mass is 19.4. The predicted octanol–water partition coefficient (Wildman–Crippen LogP) is 2.98. The molecule has 0 aliphatic carbocycles. The molecule has 0 amide bonds. The van der Waals surface area contributed by atoms with E-state index in [1.54, 1.807) is 11.9 Å². The Morgan fingerprint density at radius 1 is 1.14 bits per heavy atom. The lowest BCUT2D eigenvalue weighted by Crippen LogP contribution is -2.35. The molecule has 9 heteroatoms. The van der Waals surface area contributed by atoms with Crippen molar-refractivity contribution in [1.29, 1.82) is 0 Å². The van der Waals surface area contributed by atoms with Gasteiger partial charge >= 0.3 is 6.18 Å². The molecule has 2 aliphatic heterocycles. The first-order chi connectivity index (χ1) is 13.4. The zero-order valence-electron chi connectivity index (χ0n) is 15.4. The number of ether oxygens (including phenoxy) is 2. The lowest BCUT2D eigenvalue weighted by atomic mass is 10.2. The van der Waals surface area contributed by atoms with Crippen LogP contribution in [0.15, 0.2) is 30.6 Å². The predicted molar refractivity (Wildman–Crippen MR) is 96.6 cm³/mol. The zero-order valence-corrected chi connectivity index (χ0v) is 15.4. The summed E-state index contributed by atoms with van der Waals surface area (Å²) in [7, 11) is 1.78. The zero-order chi connectivity index (χ0) is 19.7. The number of halogens is 3. The summed E-state index contributed by atoms with van der Waals surface area (Å²) >= 11 is 0. The number of alkyl halides is 3. The van der Waals surface area contributed by atoms with Gasteiger partial charge in [0.1, 0.15) is 31.1 Å². The molecular formula is C19H21F3N4O2. The number of benzene rings is 1. The molecule has 1 saturated heterocycles. The van der Waals surface area contributed by atoms with Crippen molar-refractivity contribution in [1.82, 2.24) is 14.9 Å². The Bertz CT molecular complexity index is 846. The molecule has 4 rings (SSSR count). The molecular weight excluding hydrogens is 373 g/mol. The number of likely N-dealkylation sites (N-methyl/N-ethyl adjacent to an activating group) is 1. The average molecular weight is 394 g/mol. The molecule has 6 nitrogen and oxygen atoms in total. The van der Waals surface area contributed by atoms with Gasteiger partial charge in [0, 0.05) is 38.8 Å². The van der Waals surface area contributed by atoms with Gasteiger partial charge in [-0.25, -0.2) is 9.97 Å². The van der Waals surface area contributed by atoms with Crippen molar-refractivity contribution in [2.75, 3.05) is 38.3 Å². The third-order valence-corrected chi connectivity index (χ3v) is 5.11. The number of likely N-dealkylation sites (tertiary alicyclic amines) is 1. The molecule has 1 unspecified atom stereocenters. The van der Waals surface area contributed by atoms with Gasteiger partial charge in [0.25, 0.3) is 0 Å². The molecule has 1 fully saturated rings. The van der Waals surface area contributed by atoms with Crippen molar-refractivity contribution < 1.29 is 22.6 Å². The molecule has 0 N–H and O–H groups in total. The Balaban J connectivity index is 1.40. The molecule has 2 aliphatic rings. The first-order valence-electron chi connectivity index (χ1n) is 9.13. The monoisotopic (exact) mass is 394 g/mol. The van der Waals surface area contributed by atoms with Crippen molar-refractivity contribution in [2.24, 2.45) is 0 Å². The second-order valence-corrected chi connectivity index (χ2v) is 7.03. The largest absolute Gasteiger partial charge is 0.486 e. The number of fused-ring (bicyclic) bond motifs is 1. The standard InChI is InChI=1S/C19H21F3N4O2/c1-25(18-9-17(19(20,21)22)23-12-24-18)14-4-5-26(11-14)10-13-2-3-15-16(8-13)28-7-6-27-15/h2-3,8-9,12,14H,4-7,10-11H2,1H3. The topological polar surface area (TPSA) is 50.7 Å². The van der Waals surface area contributed by atoms with Crippen LogP contribution in [-0.4, -0.2) is 54.3 Å². The van der Waals surface area contributed by atoms with Crippen LogP contribution < -0.4 is 14.4 Å². The fourth-order valence-electron chi connectivity index (χ4n) is 3.60. The van der Waals surface area contributed by atoms with Crippen molar-refractivity contribution in [3.63, 3.8) is 0 Å². The van der Waals surface area contributed by atoms with Crippen LogP contribution >= 0.6 is 0 Å². The third-order valence-electron chi connectivity index (χ3n) is 5.11. The third kappa shape index (κ3) is 3.99. The summed E-state index contributed by atoms with van der Waals surface area (Å²) in [4.78, 5) is 11.4. The molecule has 0 bridgehead atoms. The van der Waals surface area contributed by atoms with Gasteiger partial charge in [-0.05, 0) is 24.1 Å². The van der Waals surface area contributed by atoms with Gasteiger partial charge in [-0.15, -0.1) is 0 Å². The number of hydrogen-bond donors (Lipinski definition) is 0. The summed E-state index contributed by atoms with van der Waals surface area (Å²) in [5, 5.41) is 0. The van der Waals surface area contributed by atoms with Gasteiger partial charge in [0.15, 0.2) is 11.5 Å². The second kappa shape index (κ2) is 7.46. The summed E-state index contributed by atoms with van der Waals surface area (Å²) in [6.45, 7) is 3.47. The van der Waals surface area contributed by atoms with Crippen LogP contribution in [0, 0.1) is 0 Å². The minimum atomic E-state index is -4.47. The maximum absolute atomic E-state index is 12.9. The number of aromatic nitrogens is 2. The van der Waals surface area contributed by atoms with E-state index in [1.807, 2.05) is 18.2 Å². The van der Waals surface area contributed by atoms with E-state index in [2.05, 4.69) is 14.9 Å². The fourth-order valence-corrected chi connectivity index (χ4v) is 3.60. The number of anilines is 1. The van der Waals surface area contributed by atoms with Crippen LogP contribution in [0.4, 0.5) is 19.0 Å². The van der Waals surface area contributed by atoms with Crippen LogP contribution in [0.25, 0.3) is 0 Å². The lowest BCUT2D eigenvalue weighted by Gasteiger charge is -2.26. The van der Waals surface area contributed by atoms with Gasteiger partial charge < -0.3 is 14.4 Å². The minimum absolute atomic E-state index is 0.0909. The number of rotatable bonds is 4. The molecule has 0 saturated carbocycles. The fraction of sp³-hybridized carbons (Fsp3) is 0.474. The Hall–Kier alpha value is -2.55. The summed E-state index contributed by atoms with van der Waals surface area (Å²) in [5.74, 6) is 1.81. The van der Waals surface area contributed by atoms with E-state index in [1.165, 1.54) is 0 Å². The smallest absolute Gasteiger partial charge is 0.433 e.